The number of nitrogens with one attached hydrogen (secondary N) is 1. The first-order chi connectivity index (χ1) is 7.87. The predicted molar refractivity (Wildman–Crippen MR) is 57.5 cm³/mol. The second-order valence-corrected chi connectivity index (χ2v) is 4.03. The van der Waals surface area contributed by atoms with E-state index in [2.05, 4.69) is 10.2 Å². The van der Waals surface area contributed by atoms with Crippen LogP contribution in [0.1, 0.15) is 10.4 Å². The highest BCUT2D eigenvalue weighted by Gasteiger charge is 2.29. The third kappa shape index (κ3) is 3.82. The topological polar surface area (TPSA) is 64.3 Å². The average molecular weight is 266 g/mol. The SMILES string of the molecule is COC(=O)c1ccc(SC(F)(F)F)cc1NN. The number of halogens is 3. The average Bonchev–Trinajstić information content (AvgIpc) is 2.25. The van der Waals surface area contributed by atoms with E-state index in [4.69, 9.17) is 5.84 Å². The van der Waals surface area contributed by atoms with Crippen LogP contribution in [0.15, 0.2) is 23.1 Å². The zero-order chi connectivity index (χ0) is 13.1. The Kier molecular flexibility index (Phi) is 4.24. The van der Waals surface area contributed by atoms with E-state index in [1.807, 2.05) is 0 Å². The van der Waals surface area contributed by atoms with Crippen molar-refractivity contribution in [2.45, 2.75) is 10.4 Å². The van der Waals surface area contributed by atoms with Crippen LogP contribution in [0.3, 0.4) is 0 Å². The van der Waals surface area contributed by atoms with Crippen LogP contribution in [-0.2, 0) is 4.74 Å². The molecule has 0 aliphatic heterocycles. The van der Waals surface area contributed by atoms with Gasteiger partial charge in [-0.3, -0.25) is 5.84 Å². The Labute approximate surface area is 99.3 Å². The fourth-order valence-corrected chi connectivity index (χ4v) is 1.71. The Bertz CT molecular complexity index is 423. The molecule has 0 unspecified atom stereocenters. The highest BCUT2D eigenvalue weighted by molar-refractivity contribution is 8.00. The molecule has 0 aromatic heterocycles. The second kappa shape index (κ2) is 5.28. The predicted octanol–water partition coefficient (Wildman–Crippen LogP) is 2.37. The normalized spacial score (nSPS) is 11.1. The van der Waals surface area contributed by atoms with E-state index in [9.17, 15) is 18.0 Å². The molecule has 0 radical (unpaired) electrons. The van der Waals surface area contributed by atoms with Crippen molar-refractivity contribution in [1.82, 2.24) is 0 Å². The summed E-state index contributed by atoms with van der Waals surface area (Å²) in [6, 6.07) is 3.52. The molecular formula is C9H9F3N2O2S. The van der Waals surface area contributed by atoms with Gasteiger partial charge in [0.25, 0.3) is 0 Å². The molecule has 1 aromatic carbocycles. The standard InChI is InChI=1S/C9H9F3N2O2S/c1-16-8(15)6-3-2-5(4-7(6)14-13)17-9(10,11)12/h2-4,14H,13H2,1H3. The number of rotatable bonds is 3. The van der Waals surface area contributed by atoms with Crippen LogP contribution in [0.4, 0.5) is 18.9 Å². The van der Waals surface area contributed by atoms with Gasteiger partial charge in [0.2, 0.25) is 0 Å². The zero-order valence-corrected chi connectivity index (χ0v) is 9.48. The van der Waals surface area contributed by atoms with Gasteiger partial charge < -0.3 is 10.2 Å². The molecule has 8 heteroatoms. The van der Waals surface area contributed by atoms with Gasteiger partial charge in [0.05, 0.1) is 18.4 Å². The maximum absolute atomic E-state index is 12.1. The summed E-state index contributed by atoms with van der Waals surface area (Å²) in [5.74, 6) is 4.45. The van der Waals surface area contributed by atoms with Gasteiger partial charge in [0.15, 0.2) is 0 Å². The summed E-state index contributed by atoms with van der Waals surface area (Å²) < 4.78 is 40.8. The van der Waals surface area contributed by atoms with E-state index >= 15 is 0 Å². The lowest BCUT2D eigenvalue weighted by Crippen LogP contribution is -2.13. The third-order valence-corrected chi connectivity index (χ3v) is 2.51. The number of ether oxygens (including phenoxy) is 1. The van der Waals surface area contributed by atoms with Crippen molar-refractivity contribution in [3.05, 3.63) is 23.8 Å². The smallest absolute Gasteiger partial charge is 0.446 e. The van der Waals surface area contributed by atoms with Gasteiger partial charge in [-0.1, -0.05) is 0 Å². The number of hydrogen-bond acceptors (Lipinski definition) is 5. The van der Waals surface area contributed by atoms with Crippen molar-refractivity contribution in [3.8, 4) is 0 Å². The Morgan fingerprint density at radius 3 is 2.59 bits per heavy atom. The molecule has 4 nitrogen and oxygen atoms in total. The number of anilines is 1. The molecule has 1 aromatic rings. The maximum atomic E-state index is 12.1. The first kappa shape index (κ1) is 13.7. The molecule has 0 heterocycles. The molecule has 0 aliphatic carbocycles. The number of hydrazine groups is 1. The number of carbonyl (C=O) groups is 1. The number of methoxy groups -OCH3 is 1. The molecule has 0 atom stereocenters. The molecule has 17 heavy (non-hydrogen) atoms. The minimum Gasteiger partial charge on any atom is -0.465 e. The summed E-state index contributed by atoms with van der Waals surface area (Å²) in [5.41, 5.74) is -2.09. The lowest BCUT2D eigenvalue weighted by Gasteiger charge is -2.10. The first-order valence-corrected chi connectivity index (χ1v) is 5.13. The summed E-state index contributed by atoms with van der Waals surface area (Å²) in [4.78, 5) is 11.2. The Hall–Kier alpha value is -1.41. The minimum absolute atomic E-state index is 0.0709. The van der Waals surface area contributed by atoms with Crippen LogP contribution in [0.2, 0.25) is 0 Å². The number of carbonyl (C=O) groups excluding carboxylic acids is 1. The monoisotopic (exact) mass is 266 g/mol. The summed E-state index contributed by atoms with van der Waals surface area (Å²) in [6.07, 6.45) is 0. The molecule has 1 rings (SSSR count). The number of alkyl halides is 3. The van der Waals surface area contributed by atoms with Gasteiger partial charge in [0.1, 0.15) is 0 Å². The van der Waals surface area contributed by atoms with Crippen LogP contribution in [-0.4, -0.2) is 18.6 Å². The van der Waals surface area contributed by atoms with Crippen molar-refractivity contribution in [2.24, 2.45) is 5.84 Å². The summed E-state index contributed by atoms with van der Waals surface area (Å²) in [7, 11) is 1.17. The number of hydrogen-bond donors (Lipinski definition) is 2. The molecule has 0 aliphatic rings. The second-order valence-electron chi connectivity index (χ2n) is 2.89. The van der Waals surface area contributed by atoms with Crippen LogP contribution in [0.5, 0.6) is 0 Å². The number of thioether (sulfide) groups is 1. The Morgan fingerprint density at radius 1 is 1.47 bits per heavy atom. The van der Waals surface area contributed by atoms with Crippen LogP contribution in [0.25, 0.3) is 0 Å². The van der Waals surface area contributed by atoms with Crippen LogP contribution >= 0.6 is 11.8 Å². The highest BCUT2D eigenvalue weighted by atomic mass is 32.2. The largest absolute Gasteiger partial charge is 0.465 e. The van der Waals surface area contributed by atoms with Crippen LogP contribution < -0.4 is 11.3 Å². The van der Waals surface area contributed by atoms with Gasteiger partial charge in [-0.2, -0.15) is 13.2 Å². The van der Waals surface area contributed by atoms with Crippen molar-refractivity contribution in [1.29, 1.82) is 0 Å². The van der Waals surface area contributed by atoms with Gasteiger partial charge in [-0.25, -0.2) is 4.79 Å². The first-order valence-electron chi connectivity index (χ1n) is 4.32. The van der Waals surface area contributed by atoms with Crippen molar-refractivity contribution >= 4 is 23.4 Å². The number of benzene rings is 1. The van der Waals surface area contributed by atoms with E-state index in [-0.39, 0.29) is 27.9 Å². The van der Waals surface area contributed by atoms with Crippen LogP contribution in [0, 0.1) is 0 Å². The van der Waals surface area contributed by atoms with E-state index in [1.54, 1.807) is 0 Å². The van der Waals surface area contributed by atoms with Crippen molar-refractivity contribution in [3.63, 3.8) is 0 Å². The number of nitrogen functional groups attached to an aromatic ring is 1. The maximum Gasteiger partial charge on any atom is 0.446 e. The molecule has 3 N–H and O–H groups in total. The van der Waals surface area contributed by atoms with E-state index in [0.717, 1.165) is 6.07 Å². The molecule has 0 spiro atoms. The van der Waals surface area contributed by atoms with Crippen molar-refractivity contribution < 1.29 is 22.7 Å². The molecule has 0 saturated heterocycles. The fourth-order valence-electron chi connectivity index (χ4n) is 1.13. The fraction of sp³-hybridized carbons (Fsp3) is 0.222. The molecule has 0 saturated carbocycles. The van der Waals surface area contributed by atoms with Gasteiger partial charge >= 0.3 is 11.5 Å². The van der Waals surface area contributed by atoms with E-state index in [1.165, 1.54) is 19.2 Å². The number of esters is 1. The lowest BCUT2D eigenvalue weighted by molar-refractivity contribution is -0.0328. The molecule has 0 fully saturated rings. The summed E-state index contributed by atoms with van der Waals surface area (Å²) >= 11 is -0.289. The zero-order valence-electron chi connectivity index (χ0n) is 8.67. The summed E-state index contributed by atoms with van der Waals surface area (Å²) in [6.45, 7) is 0. The Balaban J connectivity index is 3.04. The Morgan fingerprint density at radius 2 is 2.12 bits per heavy atom. The van der Waals surface area contributed by atoms with Crippen molar-refractivity contribution in [2.75, 3.05) is 12.5 Å². The molecule has 0 amide bonds. The lowest BCUT2D eigenvalue weighted by atomic mass is 10.2. The molecule has 0 bridgehead atoms. The third-order valence-electron chi connectivity index (χ3n) is 1.79. The van der Waals surface area contributed by atoms with E-state index < -0.39 is 11.5 Å². The van der Waals surface area contributed by atoms with Gasteiger partial charge in [-0.15, -0.1) is 0 Å². The van der Waals surface area contributed by atoms with Gasteiger partial charge in [0, 0.05) is 4.90 Å². The minimum atomic E-state index is -4.39. The quantitative estimate of drug-likeness (QED) is 0.380. The van der Waals surface area contributed by atoms with Gasteiger partial charge in [-0.05, 0) is 30.0 Å². The number of nitrogens with two attached hydrogens (primary N) is 1. The molecule has 94 valence electrons. The molecular weight excluding hydrogens is 257 g/mol. The summed E-state index contributed by atoms with van der Waals surface area (Å²) in [5, 5.41) is 0. The van der Waals surface area contributed by atoms with E-state index in [0.29, 0.717) is 0 Å². The highest BCUT2D eigenvalue weighted by Crippen LogP contribution is 2.38.